The number of hydrogen-bond acceptors (Lipinski definition) is 3. The molecule has 30 heavy (non-hydrogen) atoms. The average molecular weight is 465 g/mol. The van der Waals surface area contributed by atoms with Crippen molar-refractivity contribution in [2.45, 2.75) is 102 Å². The molecule has 3 rings (SSSR count). The lowest BCUT2D eigenvalue weighted by Crippen LogP contribution is -2.44. The van der Waals surface area contributed by atoms with E-state index in [1.54, 1.807) is 11.1 Å². The molecule has 1 fully saturated rings. The third-order valence-electron chi connectivity index (χ3n) is 8.00. The summed E-state index contributed by atoms with van der Waals surface area (Å²) in [6, 6.07) is 0. The molecule has 0 saturated carbocycles. The average Bonchev–Trinajstić information content (AvgIpc) is 3.19. The summed E-state index contributed by atoms with van der Waals surface area (Å²) in [5.74, 6) is 4.67. The second-order valence-corrected chi connectivity index (χ2v) is 18.8. The molecule has 0 aromatic rings. The van der Waals surface area contributed by atoms with Crippen molar-refractivity contribution < 1.29 is 4.43 Å². The summed E-state index contributed by atoms with van der Waals surface area (Å²) in [6.45, 7) is 16.6. The van der Waals surface area contributed by atoms with Gasteiger partial charge in [-0.2, -0.15) is 0 Å². The Morgan fingerprint density at radius 3 is 2.27 bits per heavy atom. The molecule has 2 aliphatic carbocycles. The van der Waals surface area contributed by atoms with Crippen molar-refractivity contribution in [1.29, 1.82) is 0 Å². The molecule has 0 spiro atoms. The Morgan fingerprint density at radius 2 is 1.60 bits per heavy atom. The lowest BCUT2D eigenvalue weighted by atomic mass is 9.65. The van der Waals surface area contributed by atoms with Crippen LogP contribution in [0.4, 0.5) is 0 Å². The van der Waals surface area contributed by atoms with E-state index in [2.05, 4.69) is 89.5 Å². The van der Waals surface area contributed by atoms with E-state index >= 15 is 0 Å². The van der Waals surface area contributed by atoms with Crippen LogP contribution in [0.5, 0.6) is 0 Å². The molecule has 0 amide bonds. The zero-order valence-electron chi connectivity index (χ0n) is 20.5. The summed E-state index contributed by atoms with van der Waals surface area (Å²) in [5.41, 5.74) is 3.56. The van der Waals surface area contributed by atoms with Gasteiger partial charge in [-0.3, -0.25) is 0 Å². The van der Waals surface area contributed by atoms with Crippen LogP contribution in [0.25, 0.3) is 0 Å². The highest BCUT2D eigenvalue weighted by atomic mass is 32.2. The molecule has 3 aliphatic rings. The van der Waals surface area contributed by atoms with E-state index in [1.165, 1.54) is 55.8 Å². The number of thioether (sulfide) groups is 2. The molecule has 170 valence electrons. The second-order valence-electron chi connectivity index (χ2n) is 11.3. The van der Waals surface area contributed by atoms with Gasteiger partial charge in [-0.1, -0.05) is 44.1 Å². The topological polar surface area (TPSA) is 9.23 Å². The van der Waals surface area contributed by atoms with Crippen molar-refractivity contribution in [3.05, 3.63) is 35.1 Å². The first-order valence-electron chi connectivity index (χ1n) is 12.0. The number of fused-ring (bicyclic) bond motifs is 1. The summed E-state index contributed by atoms with van der Waals surface area (Å²) >= 11 is 4.47. The maximum Gasteiger partial charge on any atom is 0.250 e. The van der Waals surface area contributed by atoms with Crippen LogP contribution in [0.2, 0.25) is 18.1 Å². The fourth-order valence-corrected chi connectivity index (χ4v) is 9.52. The Labute approximate surface area is 196 Å². The van der Waals surface area contributed by atoms with E-state index < -0.39 is 8.32 Å². The Hall–Kier alpha value is -0.0631. The number of allylic oxidation sites excluding steroid dienone is 6. The number of rotatable bonds is 3. The van der Waals surface area contributed by atoms with Crippen LogP contribution < -0.4 is 0 Å². The Bertz CT molecular complexity index is 694. The summed E-state index contributed by atoms with van der Waals surface area (Å²) in [6.07, 6.45) is 16.2. The van der Waals surface area contributed by atoms with Gasteiger partial charge in [0, 0.05) is 23.3 Å². The maximum absolute atomic E-state index is 6.86. The molecule has 0 radical (unpaired) electrons. The van der Waals surface area contributed by atoms with Crippen LogP contribution in [-0.2, 0) is 4.43 Å². The van der Waals surface area contributed by atoms with E-state index in [9.17, 15) is 0 Å². The molecular weight excluding hydrogens is 421 g/mol. The van der Waals surface area contributed by atoms with E-state index in [1.807, 2.05) is 0 Å². The Balaban J connectivity index is 1.93. The minimum atomic E-state index is -1.78. The van der Waals surface area contributed by atoms with Gasteiger partial charge in [0.2, 0.25) is 8.32 Å². The fourth-order valence-electron chi connectivity index (χ4n) is 4.80. The summed E-state index contributed by atoms with van der Waals surface area (Å²) in [4.78, 5) is 0. The Kier molecular flexibility index (Phi) is 8.05. The quantitative estimate of drug-likeness (QED) is 0.305. The van der Waals surface area contributed by atoms with Crippen molar-refractivity contribution >= 4 is 31.8 Å². The molecule has 1 saturated heterocycles. The van der Waals surface area contributed by atoms with E-state index in [4.69, 9.17) is 4.43 Å². The first-order chi connectivity index (χ1) is 14.0. The van der Waals surface area contributed by atoms with Crippen molar-refractivity contribution in [1.82, 2.24) is 0 Å². The standard InChI is InChI=1S/C26H44OS2Si/c1-20-9-8-10-21(2)13-15-26(24-28-17-18-29-24)16-14-23(19-22(26)12-11-20)27-30(6,7)25(3,4)5/h9,13-14,22,24H,8,10-12,15-19H2,1-7H3/b20-9+,21-13+/t22-,26+/m1/s1. The van der Waals surface area contributed by atoms with Crippen molar-refractivity contribution in [3.8, 4) is 0 Å². The van der Waals surface area contributed by atoms with Gasteiger partial charge in [-0.25, -0.2) is 0 Å². The first kappa shape index (κ1) is 24.6. The minimum Gasteiger partial charge on any atom is -0.547 e. The number of hydrogen-bond donors (Lipinski definition) is 0. The molecule has 1 heterocycles. The molecule has 0 bridgehead atoms. The molecule has 4 heteroatoms. The van der Waals surface area contributed by atoms with Gasteiger partial charge in [-0.15, -0.1) is 23.5 Å². The lowest BCUT2D eigenvalue weighted by Gasteiger charge is -2.48. The van der Waals surface area contributed by atoms with Gasteiger partial charge in [-0.05, 0) is 82.5 Å². The van der Waals surface area contributed by atoms with Gasteiger partial charge in [0.05, 0.1) is 10.3 Å². The Morgan fingerprint density at radius 1 is 0.967 bits per heavy atom. The van der Waals surface area contributed by atoms with Gasteiger partial charge < -0.3 is 4.43 Å². The highest BCUT2D eigenvalue weighted by Crippen LogP contribution is 2.58. The zero-order valence-corrected chi connectivity index (χ0v) is 23.1. The van der Waals surface area contributed by atoms with Crippen LogP contribution in [-0.4, -0.2) is 24.4 Å². The van der Waals surface area contributed by atoms with Gasteiger partial charge in [0.15, 0.2) is 0 Å². The van der Waals surface area contributed by atoms with Gasteiger partial charge >= 0.3 is 0 Å². The molecule has 1 aliphatic heterocycles. The van der Waals surface area contributed by atoms with Crippen LogP contribution in [0.1, 0.15) is 79.6 Å². The fraction of sp³-hybridized carbons (Fsp3) is 0.769. The first-order valence-corrected chi connectivity index (χ1v) is 17.0. The predicted molar refractivity (Wildman–Crippen MR) is 141 cm³/mol. The van der Waals surface area contributed by atoms with Gasteiger partial charge in [0.1, 0.15) is 0 Å². The maximum atomic E-state index is 6.86. The van der Waals surface area contributed by atoms with E-state index in [-0.39, 0.29) is 5.04 Å². The summed E-state index contributed by atoms with van der Waals surface area (Å²) in [5, 5.41) is 0.257. The smallest absolute Gasteiger partial charge is 0.250 e. The lowest BCUT2D eigenvalue weighted by molar-refractivity contribution is 0.140. The molecular formula is C26H44OS2Si. The minimum absolute atomic E-state index is 0.257. The highest BCUT2D eigenvalue weighted by Gasteiger charge is 2.49. The van der Waals surface area contributed by atoms with Crippen LogP contribution in [0.3, 0.4) is 0 Å². The summed E-state index contributed by atoms with van der Waals surface area (Å²) in [7, 11) is -1.78. The molecule has 1 nitrogen and oxygen atoms in total. The van der Waals surface area contributed by atoms with E-state index in [0.29, 0.717) is 5.41 Å². The molecule has 0 aromatic carbocycles. The SMILES string of the molecule is C/C1=C\C[C@]2(C3SCCS3)CC=C(O[Si](C)(C)C(C)(C)C)C[C@H]2CC/C(C)=C/CC1. The van der Waals surface area contributed by atoms with Crippen LogP contribution in [0, 0.1) is 11.3 Å². The van der Waals surface area contributed by atoms with Crippen molar-refractivity contribution in [2.75, 3.05) is 11.5 Å². The van der Waals surface area contributed by atoms with Crippen LogP contribution >= 0.6 is 23.5 Å². The molecule has 2 atom stereocenters. The zero-order chi connectivity index (χ0) is 22.0. The van der Waals surface area contributed by atoms with Gasteiger partial charge in [0.25, 0.3) is 0 Å². The van der Waals surface area contributed by atoms with E-state index in [0.717, 1.165) is 16.9 Å². The second kappa shape index (κ2) is 9.83. The normalized spacial score (nSPS) is 33.4. The third-order valence-corrected chi connectivity index (χ3v) is 15.9. The molecule has 0 unspecified atom stereocenters. The van der Waals surface area contributed by atoms with Crippen molar-refractivity contribution in [3.63, 3.8) is 0 Å². The molecule has 0 aromatic heterocycles. The highest BCUT2D eigenvalue weighted by molar-refractivity contribution is 8.20. The summed E-state index contributed by atoms with van der Waals surface area (Å²) < 4.78 is 7.60. The largest absolute Gasteiger partial charge is 0.547 e. The van der Waals surface area contributed by atoms with Crippen molar-refractivity contribution in [2.24, 2.45) is 11.3 Å². The van der Waals surface area contributed by atoms with Crippen LogP contribution in [0.15, 0.2) is 35.1 Å². The predicted octanol–water partition coefficient (Wildman–Crippen LogP) is 8.95. The monoisotopic (exact) mass is 464 g/mol. The third kappa shape index (κ3) is 5.64. The molecule has 0 N–H and O–H groups in total.